The molecule has 4 nitrogen and oxygen atoms in total. The van der Waals surface area contributed by atoms with Gasteiger partial charge >= 0.3 is 0 Å². The summed E-state index contributed by atoms with van der Waals surface area (Å²) >= 11 is 6.60. The maximum absolute atomic E-state index is 12.6. The molecule has 2 amide bonds. The molecule has 0 unspecified atom stereocenters. The first kappa shape index (κ1) is 19.3. The summed E-state index contributed by atoms with van der Waals surface area (Å²) in [5.41, 5.74) is 4.00. The molecule has 6 heteroatoms. The van der Waals surface area contributed by atoms with Crippen molar-refractivity contribution in [3.05, 3.63) is 70.1 Å². The smallest absolute Gasteiger partial charge is 0.266 e. The first-order chi connectivity index (χ1) is 12.9. The van der Waals surface area contributed by atoms with E-state index in [9.17, 15) is 9.59 Å². The minimum atomic E-state index is -0.145. The molecule has 138 valence electrons. The van der Waals surface area contributed by atoms with E-state index in [2.05, 4.69) is 5.32 Å². The van der Waals surface area contributed by atoms with Crippen molar-refractivity contribution in [2.24, 2.45) is 0 Å². The van der Waals surface area contributed by atoms with E-state index in [1.54, 1.807) is 0 Å². The second-order valence-corrected chi connectivity index (χ2v) is 8.08. The first-order valence-corrected chi connectivity index (χ1v) is 9.83. The number of thiocarbonyl (C=S) groups is 1. The van der Waals surface area contributed by atoms with Crippen molar-refractivity contribution in [1.29, 1.82) is 0 Å². The highest BCUT2D eigenvalue weighted by Gasteiger charge is 2.32. The number of hydrogen-bond acceptors (Lipinski definition) is 4. The lowest BCUT2D eigenvalue weighted by atomic mass is 10.1. The number of anilines is 1. The van der Waals surface area contributed by atoms with E-state index >= 15 is 0 Å². The van der Waals surface area contributed by atoms with Crippen LogP contribution in [0.4, 0.5) is 5.69 Å². The third kappa shape index (κ3) is 5.05. The fourth-order valence-electron chi connectivity index (χ4n) is 2.58. The molecule has 27 heavy (non-hydrogen) atoms. The summed E-state index contributed by atoms with van der Waals surface area (Å²) in [6.07, 6.45) is 2.03. The molecule has 0 saturated carbocycles. The largest absolute Gasteiger partial charge is 0.326 e. The van der Waals surface area contributed by atoms with Gasteiger partial charge in [-0.15, -0.1) is 0 Å². The van der Waals surface area contributed by atoms with Gasteiger partial charge in [-0.05, 0) is 37.6 Å². The number of nitrogens with one attached hydrogen (secondary N) is 1. The van der Waals surface area contributed by atoms with Crippen LogP contribution in [0.5, 0.6) is 0 Å². The molecule has 2 aromatic rings. The van der Waals surface area contributed by atoms with Gasteiger partial charge in [0.15, 0.2) is 0 Å². The quantitative estimate of drug-likeness (QED) is 0.596. The van der Waals surface area contributed by atoms with Gasteiger partial charge < -0.3 is 5.32 Å². The number of carbonyl (C=O) groups is 2. The maximum Gasteiger partial charge on any atom is 0.266 e. The van der Waals surface area contributed by atoms with Crippen molar-refractivity contribution < 1.29 is 9.59 Å². The first-order valence-electron chi connectivity index (χ1n) is 8.61. The van der Waals surface area contributed by atoms with E-state index in [1.807, 2.05) is 68.5 Å². The van der Waals surface area contributed by atoms with Gasteiger partial charge in [-0.3, -0.25) is 14.5 Å². The van der Waals surface area contributed by atoms with E-state index in [4.69, 9.17) is 12.2 Å². The van der Waals surface area contributed by atoms with Crippen LogP contribution >= 0.6 is 24.0 Å². The van der Waals surface area contributed by atoms with Crippen LogP contribution in [0.25, 0.3) is 6.08 Å². The molecule has 0 bridgehead atoms. The third-order valence-corrected chi connectivity index (χ3v) is 5.52. The molecule has 1 fully saturated rings. The highest BCUT2D eigenvalue weighted by atomic mass is 32.2. The van der Waals surface area contributed by atoms with Crippen LogP contribution in [-0.2, 0) is 9.59 Å². The molecule has 1 aliphatic heterocycles. The summed E-state index contributed by atoms with van der Waals surface area (Å²) < 4.78 is 0.487. The fourth-order valence-corrected chi connectivity index (χ4v) is 3.89. The Hall–Kier alpha value is -2.44. The number of carbonyl (C=O) groups excluding carboxylic acids is 2. The van der Waals surface area contributed by atoms with E-state index in [1.165, 1.54) is 22.2 Å². The molecule has 0 radical (unpaired) electrons. The van der Waals surface area contributed by atoms with Crippen LogP contribution in [-0.4, -0.2) is 27.6 Å². The molecule has 0 aromatic heterocycles. The fraction of sp³-hybridized carbons (Fsp3) is 0.190. The normalized spacial score (nSPS) is 15.5. The predicted octanol–water partition coefficient (Wildman–Crippen LogP) is 4.53. The number of aryl methyl sites for hydroxylation is 2. The lowest BCUT2D eigenvalue weighted by molar-refractivity contribution is -0.122. The SMILES string of the molecule is Cc1ccc(/C=C2\SC(=S)N(CCC(=O)Nc3ccc(C)cc3)C2=O)cc1. The molecular weight excluding hydrogens is 376 g/mol. The van der Waals surface area contributed by atoms with Gasteiger partial charge in [0.2, 0.25) is 5.91 Å². The molecule has 1 heterocycles. The van der Waals surface area contributed by atoms with Crippen LogP contribution < -0.4 is 5.32 Å². The Kier molecular flexibility index (Phi) is 6.08. The second kappa shape index (κ2) is 8.50. The Morgan fingerprint density at radius 3 is 2.30 bits per heavy atom. The summed E-state index contributed by atoms with van der Waals surface area (Å²) in [5, 5.41) is 2.84. The van der Waals surface area contributed by atoms with Crippen LogP contribution in [0, 0.1) is 13.8 Å². The number of hydrogen-bond donors (Lipinski definition) is 1. The van der Waals surface area contributed by atoms with Crippen molar-refractivity contribution in [1.82, 2.24) is 4.90 Å². The molecule has 1 saturated heterocycles. The van der Waals surface area contributed by atoms with E-state index in [-0.39, 0.29) is 24.8 Å². The average Bonchev–Trinajstić information content (AvgIpc) is 2.90. The zero-order chi connectivity index (χ0) is 19.4. The Morgan fingerprint density at radius 2 is 1.67 bits per heavy atom. The summed E-state index contributed by atoms with van der Waals surface area (Å²) in [6, 6.07) is 15.5. The highest BCUT2D eigenvalue weighted by Crippen LogP contribution is 2.32. The van der Waals surface area contributed by atoms with E-state index < -0.39 is 0 Å². The van der Waals surface area contributed by atoms with Crippen LogP contribution in [0.2, 0.25) is 0 Å². The highest BCUT2D eigenvalue weighted by molar-refractivity contribution is 8.26. The van der Waals surface area contributed by atoms with Crippen LogP contribution in [0.15, 0.2) is 53.4 Å². The number of benzene rings is 2. The average molecular weight is 397 g/mol. The van der Waals surface area contributed by atoms with Gasteiger partial charge in [-0.25, -0.2) is 0 Å². The molecule has 0 spiro atoms. The number of thioether (sulfide) groups is 1. The van der Waals surface area contributed by atoms with Gasteiger partial charge in [0.05, 0.1) is 4.91 Å². The van der Waals surface area contributed by atoms with Crippen molar-refractivity contribution in [2.75, 3.05) is 11.9 Å². The second-order valence-electron chi connectivity index (χ2n) is 6.41. The van der Waals surface area contributed by atoms with E-state index in [0.717, 1.165) is 16.8 Å². The zero-order valence-corrected chi connectivity index (χ0v) is 16.8. The van der Waals surface area contributed by atoms with Crippen molar-refractivity contribution in [3.63, 3.8) is 0 Å². The van der Waals surface area contributed by atoms with Gasteiger partial charge in [0.25, 0.3) is 5.91 Å². The van der Waals surface area contributed by atoms with Gasteiger partial charge in [0, 0.05) is 18.7 Å². The molecule has 3 rings (SSSR count). The molecule has 0 atom stereocenters. The number of rotatable bonds is 5. The lowest BCUT2D eigenvalue weighted by Gasteiger charge is -2.14. The standard InChI is InChI=1S/C21H20N2O2S2/c1-14-3-7-16(8-4-14)13-18-20(25)23(21(26)27-18)12-11-19(24)22-17-9-5-15(2)6-10-17/h3-10,13H,11-12H2,1-2H3,(H,22,24)/b18-13-. The molecule has 1 N–H and O–H groups in total. The monoisotopic (exact) mass is 396 g/mol. The Balaban J connectivity index is 1.59. The van der Waals surface area contributed by atoms with Gasteiger partial charge in [0.1, 0.15) is 4.32 Å². The Bertz CT molecular complexity index is 903. The van der Waals surface area contributed by atoms with Crippen molar-refractivity contribution in [2.45, 2.75) is 20.3 Å². The summed E-state index contributed by atoms with van der Waals surface area (Å²) in [4.78, 5) is 26.9. The molecule has 0 aliphatic carbocycles. The van der Waals surface area contributed by atoms with Gasteiger partial charge in [-0.1, -0.05) is 71.5 Å². The predicted molar refractivity (Wildman–Crippen MR) is 115 cm³/mol. The minimum Gasteiger partial charge on any atom is -0.326 e. The van der Waals surface area contributed by atoms with Crippen LogP contribution in [0.1, 0.15) is 23.1 Å². The van der Waals surface area contributed by atoms with Crippen molar-refractivity contribution in [3.8, 4) is 0 Å². The maximum atomic E-state index is 12.6. The minimum absolute atomic E-state index is 0.143. The number of amides is 2. The summed E-state index contributed by atoms with van der Waals surface area (Å²) in [7, 11) is 0. The van der Waals surface area contributed by atoms with E-state index in [0.29, 0.717) is 9.23 Å². The molecule has 1 aliphatic rings. The summed E-state index contributed by atoms with van der Waals surface area (Å²) in [6.45, 7) is 4.28. The lowest BCUT2D eigenvalue weighted by Crippen LogP contribution is -2.31. The summed E-state index contributed by atoms with van der Waals surface area (Å²) in [5.74, 6) is -0.288. The van der Waals surface area contributed by atoms with Crippen molar-refractivity contribution >= 4 is 51.9 Å². The third-order valence-electron chi connectivity index (χ3n) is 4.15. The Labute approximate surface area is 168 Å². The Morgan fingerprint density at radius 1 is 1.07 bits per heavy atom. The topological polar surface area (TPSA) is 49.4 Å². The molecule has 2 aromatic carbocycles. The zero-order valence-electron chi connectivity index (χ0n) is 15.2. The van der Waals surface area contributed by atoms with Crippen LogP contribution in [0.3, 0.4) is 0 Å². The number of nitrogens with zero attached hydrogens (tertiary/aromatic N) is 1. The van der Waals surface area contributed by atoms with Gasteiger partial charge in [-0.2, -0.15) is 0 Å². The molecular formula is C21H20N2O2S2.